The fourth-order valence-corrected chi connectivity index (χ4v) is 1.00. The molecule has 0 aliphatic heterocycles. The molecule has 0 bridgehead atoms. The maximum atomic E-state index is 10.2. The number of benzene rings is 1. The Morgan fingerprint density at radius 3 is 2.39 bits per heavy atom. The van der Waals surface area contributed by atoms with E-state index in [1.807, 2.05) is 27.7 Å². The number of carboxylic acids is 1. The topological polar surface area (TPSA) is 63.6 Å². The first-order valence-electron chi connectivity index (χ1n) is 6.09. The van der Waals surface area contributed by atoms with Crippen LogP contribution in [0, 0.1) is 0 Å². The highest BCUT2D eigenvalue weighted by Gasteiger charge is 1.99. The Balaban J connectivity index is 0. The van der Waals surface area contributed by atoms with E-state index in [4.69, 9.17) is 9.84 Å². The highest BCUT2D eigenvalue weighted by molar-refractivity contribution is 5.68. The molecule has 0 atom stereocenters. The molecule has 1 rings (SSSR count). The van der Waals surface area contributed by atoms with Crippen molar-refractivity contribution >= 4 is 12.3 Å². The van der Waals surface area contributed by atoms with Crippen LogP contribution < -0.4 is 4.74 Å². The summed E-state index contributed by atoms with van der Waals surface area (Å²) in [5.74, 6) is -0.558. The molecule has 0 aliphatic rings. The summed E-state index contributed by atoms with van der Waals surface area (Å²) in [5, 5.41) is 8.37. The van der Waals surface area contributed by atoms with E-state index in [9.17, 15) is 9.59 Å². The third kappa shape index (κ3) is 9.39. The monoisotopic (exact) mass is 254 g/mol. The third-order valence-corrected chi connectivity index (χ3v) is 1.58. The van der Waals surface area contributed by atoms with Crippen LogP contribution in [-0.2, 0) is 16.0 Å². The highest BCUT2D eigenvalue weighted by Crippen LogP contribution is 2.12. The Labute approximate surface area is 109 Å². The molecule has 18 heavy (non-hydrogen) atoms. The van der Waals surface area contributed by atoms with Crippen molar-refractivity contribution in [2.24, 2.45) is 0 Å². The van der Waals surface area contributed by atoms with Crippen molar-refractivity contribution in [3.05, 3.63) is 29.8 Å². The molecule has 1 aromatic rings. The summed E-state index contributed by atoms with van der Waals surface area (Å²) in [5.41, 5.74) is 0.808. The van der Waals surface area contributed by atoms with E-state index < -0.39 is 5.97 Å². The molecule has 0 radical (unpaired) electrons. The van der Waals surface area contributed by atoms with Crippen molar-refractivity contribution < 1.29 is 19.4 Å². The standard InChI is InChI=1S/C10H10O4.2C2H6/c11-5-4-8-2-1-3-9(6-8)14-7-10(12)13;2*1-2/h1-3,5-6H,4,7H2,(H,12,13);2*1-2H3. The minimum absolute atomic E-state index is 0.310. The van der Waals surface area contributed by atoms with E-state index >= 15 is 0 Å². The van der Waals surface area contributed by atoms with E-state index in [1.165, 1.54) is 0 Å². The highest BCUT2D eigenvalue weighted by atomic mass is 16.5. The molecule has 0 saturated heterocycles. The molecule has 0 amide bonds. The number of aliphatic carboxylic acids is 1. The maximum absolute atomic E-state index is 10.2. The van der Waals surface area contributed by atoms with Gasteiger partial charge in [0, 0.05) is 6.42 Å². The number of carboxylic acid groups (broad SMARTS) is 1. The van der Waals surface area contributed by atoms with Crippen molar-refractivity contribution in [1.82, 2.24) is 0 Å². The summed E-state index contributed by atoms with van der Waals surface area (Å²) in [6.45, 7) is 7.63. The van der Waals surface area contributed by atoms with Gasteiger partial charge in [0.25, 0.3) is 0 Å². The van der Waals surface area contributed by atoms with Gasteiger partial charge in [-0.05, 0) is 17.7 Å². The van der Waals surface area contributed by atoms with Gasteiger partial charge in [-0.1, -0.05) is 39.8 Å². The molecular weight excluding hydrogens is 232 g/mol. The summed E-state index contributed by atoms with van der Waals surface area (Å²) in [6, 6.07) is 6.80. The van der Waals surface area contributed by atoms with Gasteiger partial charge in [0.2, 0.25) is 0 Å². The quantitative estimate of drug-likeness (QED) is 0.820. The smallest absolute Gasteiger partial charge is 0.341 e. The Morgan fingerprint density at radius 2 is 1.89 bits per heavy atom. The lowest BCUT2D eigenvalue weighted by Crippen LogP contribution is -2.09. The third-order valence-electron chi connectivity index (χ3n) is 1.58. The molecule has 4 heteroatoms. The SMILES string of the molecule is CC.CC.O=CCc1cccc(OCC(=O)O)c1. The zero-order valence-electron chi connectivity index (χ0n) is 11.5. The molecule has 0 unspecified atom stereocenters. The normalized spacial score (nSPS) is 8.00. The lowest BCUT2D eigenvalue weighted by Gasteiger charge is -2.03. The lowest BCUT2D eigenvalue weighted by molar-refractivity contribution is -0.139. The second kappa shape index (κ2) is 13.2. The number of hydrogen-bond donors (Lipinski definition) is 1. The predicted octanol–water partition coefficient (Wildman–Crippen LogP) is 2.94. The largest absolute Gasteiger partial charge is 0.482 e. The van der Waals surface area contributed by atoms with Gasteiger partial charge in [-0.2, -0.15) is 0 Å². The Hall–Kier alpha value is -1.84. The van der Waals surface area contributed by atoms with E-state index in [-0.39, 0.29) is 6.61 Å². The van der Waals surface area contributed by atoms with Crippen LogP contribution in [-0.4, -0.2) is 24.0 Å². The minimum Gasteiger partial charge on any atom is -0.482 e. The number of carbonyl (C=O) groups excluding carboxylic acids is 1. The first-order chi connectivity index (χ1) is 8.72. The molecule has 0 fully saturated rings. The van der Waals surface area contributed by atoms with Crippen LogP contribution in [0.3, 0.4) is 0 Å². The van der Waals surface area contributed by atoms with Crippen LogP contribution in [0.25, 0.3) is 0 Å². The molecule has 0 aromatic heterocycles. The van der Waals surface area contributed by atoms with Gasteiger partial charge in [0.05, 0.1) is 0 Å². The summed E-state index contributed by atoms with van der Waals surface area (Å²) < 4.78 is 4.94. The van der Waals surface area contributed by atoms with Crippen LogP contribution in [0.1, 0.15) is 33.3 Å². The Morgan fingerprint density at radius 1 is 1.28 bits per heavy atom. The first-order valence-corrected chi connectivity index (χ1v) is 6.09. The Bertz CT molecular complexity index is 334. The van der Waals surface area contributed by atoms with E-state index in [2.05, 4.69) is 0 Å². The van der Waals surface area contributed by atoms with Crippen molar-refractivity contribution in [3.63, 3.8) is 0 Å². The van der Waals surface area contributed by atoms with Crippen molar-refractivity contribution in [2.75, 3.05) is 6.61 Å². The average molecular weight is 254 g/mol. The number of ether oxygens (including phenoxy) is 1. The summed E-state index contributed by atoms with van der Waals surface area (Å²) in [6.07, 6.45) is 1.10. The fraction of sp³-hybridized carbons (Fsp3) is 0.429. The van der Waals surface area contributed by atoms with Gasteiger partial charge < -0.3 is 14.6 Å². The molecule has 1 N–H and O–H groups in total. The second-order valence-corrected chi connectivity index (χ2v) is 2.70. The van der Waals surface area contributed by atoms with E-state index in [0.717, 1.165) is 11.8 Å². The van der Waals surface area contributed by atoms with Crippen LogP contribution >= 0.6 is 0 Å². The van der Waals surface area contributed by atoms with Crippen molar-refractivity contribution in [3.8, 4) is 5.75 Å². The summed E-state index contributed by atoms with van der Waals surface area (Å²) in [4.78, 5) is 20.4. The molecule has 4 nitrogen and oxygen atoms in total. The molecule has 0 saturated carbocycles. The van der Waals surface area contributed by atoms with Crippen LogP contribution in [0.5, 0.6) is 5.75 Å². The zero-order chi connectivity index (χ0) is 14.4. The van der Waals surface area contributed by atoms with Crippen LogP contribution in [0.4, 0.5) is 0 Å². The number of aldehydes is 1. The molecule has 0 spiro atoms. The van der Waals surface area contributed by atoms with Gasteiger partial charge in [-0.15, -0.1) is 0 Å². The van der Waals surface area contributed by atoms with Gasteiger partial charge in [0.1, 0.15) is 12.0 Å². The summed E-state index contributed by atoms with van der Waals surface area (Å²) in [7, 11) is 0. The number of carbonyl (C=O) groups is 2. The molecule has 1 aromatic carbocycles. The lowest BCUT2D eigenvalue weighted by atomic mass is 10.2. The molecule has 102 valence electrons. The van der Waals surface area contributed by atoms with Gasteiger partial charge in [0.15, 0.2) is 6.61 Å². The predicted molar refractivity (Wildman–Crippen MR) is 72.0 cm³/mol. The summed E-state index contributed by atoms with van der Waals surface area (Å²) >= 11 is 0. The van der Waals surface area contributed by atoms with Gasteiger partial charge in [-0.3, -0.25) is 0 Å². The molecular formula is C14H22O4. The first kappa shape index (κ1) is 18.5. The Kier molecular flexibility index (Phi) is 13.6. The molecule has 0 aliphatic carbocycles. The maximum Gasteiger partial charge on any atom is 0.341 e. The van der Waals surface area contributed by atoms with Crippen molar-refractivity contribution in [1.29, 1.82) is 0 Å². The second-order valence-electron chi connectivity index (χ2n) is 2.70. The van der Waals surface area contributed by atoms with Gasteiger partial charge >= 0.3 is 5.97 Å². The fourth-order valence-electron chi connectivity index (χ4n) is 1.00. The number of hydrogen-bond acceptors (Lipinski definition) is 3. The van der Waals surface area contributed by atoms with Gasteiger partial charge in [-0.25, -0.2) is 4.79 Å². The number of rotatable bonds is 5. The van der Waals surface area contributed by atoms with Crippen LogP contribution in [0.2, 0.25) is 0 Å². The molecule has 0 heterocycles. The zero-order valence-corrected chi connectivity index (χ0v) is 11.5. The van der Waals surface area contributed by atoms with Crippen LogP contribution in [0.15, 0.2) is 24.3 Å². The van der Waals surface area contributed by atoms with E-state index in [1.54, 1.807) is 24.3 Å². The van der Waals surface area contributed by atoms with E-state index in [0.29, 0.717) is 12.2 Å². The average Bonchev–Trinajstić information content (AvgIpc) is 2.42. The van der Waals surface area contributed by atoms with Crippen molar-refractivity contribution in [2.45, 2.75) is 34.1 Å². The minimum atomic E-state index is -1.02.